The monoisotopic (exact) mass is 249 g/mol. The van der Waals surface area contributed by atoms with E-state index in [2.05, 4.69) is 22.2 Å². The summed E-state index contributed by atoms with van der Waals surface area (Å²) in [6, 6.07) is 0.784. The minimum absolute atomic E-state index is 0.572. The van der Waals surface area contributed by atoms with Crippen LogP contribution in [-0.4, -0.2) is 62.2 Å². The van der Waals surface area contributed by atoms with Gasteiger partial charge in [-0.1, -0.05) is 12.8 Å². The van der Waals surface area contributed by atoms with Gasteiger partial charge in [0.15, 0.2) is 0 Å². The van der Waals surface area contributed by atoms with E-state index in [1.807, 2.05) is 0 Å². The summed E-state index contributed by atoms with van der Waals surface area (Å²) in [4.78, 5) is 5.56. The first-order chi connectivity index (χ1) is 8.82. The summed E-state index contributed by atoms with van der Waals surface area (Å²) in [5, 5.41) is 3.74. The van der Waals surface area contributed by atoms with Crippen molar-refractivity contribution in [3.05, 3.63) is 0 Å². The van der Waals surface area contributed by atoms with E-state index in [4.69, 9.17) is 0 Å². The molecule has 4 bridgehead atoms. The van der Waals surface area contributed by atoms with Crippen LogP contribution in [0.3, 0.4) is 0 Å². The quantitative estimate of drug-likeness (QED) is 0.788. The molecule has 3 nitrogen and oxygen atoms in total. The molecule has 1 aliphatic carbocycles. The fraction of sp³-hybridized carbons (Fsp3) is 1.00. The molecule has 5 aliphatic rings. The summed E-state index contributed by atoms with van der Waals surface area (Å²) in [6.07, 6.45) is 5.94. The smallest absolute Gasteiger partial charge is 0.0200 e. The van der Waals surface area contributed by atoms with Crippen molar-refractivity contribution in [2.24, 2.45) is 17.3 Å². The third-order valence-electron chi connectivity index (χ3n) is 6.32. The highest BCUT2D eigenvalue weighted by molar-refractivity contribution is 5.11. The fourth-order valence-electron chi connectivity index (χ4n) is 5.77. The third-order valence-corrected chi connectivity index (χ3v) is 6.32. The summed E-state index contributed by atoms with van der Waals surface area (Å²) < 4.78 is 0. The van der Waals surface area contributed by atoms with E-state index in [0.29, 0.717) is 5.41 Å². The first-order valence-electron chi connectivity index (χ1n) is 7.94. The maximum Gasteiger partial charge on any atom is 0.0200 e. The lowest BCUT2D eigenvalue weighted by Gasteiger charge is -2.58. The SMILES string of the molecule is CNC1C2CN3CCN(C2)CC1(C1CCCC1)C3. The van der Waals surface area contributed by atoms with Crippen LogP contribution >= 0.6 is 0 Å². The molecule has 4 saturated heterocycles. The van der Waals surface area contributed by atoms with Crippen LogP contribution in [0.2, 0.25) is 0 Å². The lowest BCUT2D eigenvalue weighted by molar-refractivity contribution is -0.0656. The highest BCUT2D eigenvalue weighted by atomic mass is 15.3. The van der Waals surface area contributed by atoms with E-state index in [1.165, 1.54) is 65.0 Å². The Bertz CT molecular complexity index is 308. The molecule has 0 spiro atoms. The van der Waals surface area contributed by atoms with E-state index < -0.39 is 0 Å². The minimum Gasteiger partial charge on any atom is -0.316 e. The molecule has 0 radical (unpaired) electrons. The van der Waals surface area contributed by atoms with Crippen LogP contribution in [0.4, 0.5) is 0 Å². The van der Waals surface area contributed by atoms with Gasteiger partial charge in [0.25, 0.3) is 0 Å². The van der Waals surface area contributed by atoms with Gasteiger partial charge in [0.05, 0.1) is 0 Å². The Hall–Kier alpha value is -0.120. The molecule has 3 heteroatoms. The molecule has 0 amide bonds. The fourth-order valence-corrected chi connectivity index (χ4v) is 5.77. The lowest BCUT2D eigenvalue weighted by Crippen LogP contribution is -2.69. The average Bonchev–Trinajstić information content (AvgIpc) is 2.80. The van der Waals surface area contributed by atoms with Crippen molar-refractivity contribution in [1.82, 2.24) is 15.1 Å². The average molecular weight is 249 g/mol. The zero-order valence-corrected chi connectivity index (χ0v) is 11.7. The highest BCUT2D eigenvalue weighted by Crippen LogP contribution is 2.50. The van der Waals surface area contributed by atoms with Crippen molar-refractivity contribution in [2.75, 3.05) is 46.3 Å². The highest BCUT2D eigenvalue weighted by Gasteiger charge is 2.56. The number of rotatable bonds is 2. The first kappa shape index (κ1) is 11.7. The van der Waals surface area contributed by atoms with Crippen LogP contribution in [0.25, 0.3) is 0 Å². The Labute approximate surface area is 111 Å². The van der Waals surface area contributed by atoms with Gasteiger partial charge in [0, 0.05) is 56.6 Å². The number of piperidine rings is 2. The van der Waals surface area contributed by atoms with Gasteiger partial charge < -0.3 is 15.1 Å². The maximum absolute atomic E-state index is 3.74. The lowest BCUT2D eigenvalue weighted by atomic mass is 9.61. The summed E-state index contributed by atoms with van der Waals surface area (Å²) in [6.45, 7) is 8.07. The summed E-state index contributed by atoms with van der Waals surface area (Å²) >= 11 is 0. The van der Waals surface area contributed by atoms with Crippen LogP contribution in [0.15, 0.2) is 0 Å². The van der Waals surface area contributed by atoms with Crippen molar-refractivity contribution in [3.8, 4) is 0 Å². The molecule has 18 heavy (non-hydrogen) atoms. The van der Waals surface area contributed by atoms with Gasteiger partial charge in [-0.25, -0.2) is 0 Å². The molecular weight excluding hydrogens is 222 g/mol. The van der Waals surface area contributed by atoms with Crippen LogP contribution in [0.5, 0.6) is 0 Å². The van der Waals surface area contributed by atoms with E-state index in [9.17, 15) is 0 Å². The molecule has 3 unspecified atom stereocenters. The Morgan fingerprint density at radius 3 is 2.17 bits per heavy atom. The van der Waals surface area contributed by atoms with Gasteiger partial charge in [-0.2, -0.15) is 0 Å². The second kappa shape index (κ2) is 4.19. The standard InChI is InChI=1S/C15H27N3/c1-16-14-12-8-17-6-7-18(9-12)11-15(14,10-17)13-4-2-3-5-13/h12-14,16H,2-11H2,1H3. The van der Waals surface area contributed by atoms with Crippen LogP contribution < -0.4 is 5.32 Å². The number of hydrogen-bond acceptors (Lipinski definition) is 3. The van der Waals surface area contributed by atoms with Crippen LogP contribution in [0.1, 0.15) is 25.7 Å². The number of nitrogens with one attached hydrogen (secondary N) is 1. The molecule has 4 heterocycles. The molecule has 0 aromatic carbocycles. The maximum atomic E-state index is 3.74. The molecule has 0 aromatic rings. The second-order valence-corrected chi connectivity index (χ2v) is 7.21. The van der Waals surface area contributed by atoms with Gasteiger partial charge in [0.1, 0.15) is 0 Å². The number of fused-ring (bicyclic) bond motifs is 1. The van der Waals surface area contributed by atoms with E-state index in [1.54, 1.807) is 0 Å². The zero-order chi connectivity index (χ0) is 12.2. The van der Waals surface area contributed by atoms with Gasteiger partial charge in [0.2, 0.25) is 0 Å². The molecule has 5 fully saturated rings. The topological polar surface area (TPSA) is 18.5 Å². The first-order valence-corrected chi connectivity index (χ1v) is 7.94. The van der Waals surface area contributed by atoms with Gasteiger partial charge in [-0.3, -0.25) is 0 Å². The summed E-state index contributed by atoms with van der Waals surface area (Å²) in [5.41, 5.74) is 0.572. The van der Waals surface area contributed by atoms with Crippen LogP contribution in [0, 0.1) is 17.3 Å². The van der Waals surface area contributed by atoms with E-state index in [-0.39, 0.29) is 0 Å². The van der Waals surface area contributed by atoms with Crippen molar-refractivity contribution >= 4 is 0 Å². The predicted octanol–water partition coefficient (Wildman–Crippen LogP) is 1.01. The Morgan fingerprint density at radius 2 is 1.61 bits per heavy atom. The molecule has 1 saturated carbocycles. The number of hydrogen-bond donors (Lipinski definition) is 1. The Balaban J connectivity index is 1.72. The van der Waals surface area contributed by atoms with Crippen LogP contribution in [-0.2, 0) is 0 Å². The van der Waals surface area contributed by atoms with Gasteiger partial charge >= 0.3 is 0 Å². The molecule has 5 rings (SSSR count). The largest absolute Gasteiger partial charge is 0.316 e. The predicted molar refractivity (Wildman–Crippen MR) is 73.6 cm³/mol. The summed E-state index contributed by atoms with van der Waals surface area (Å²) in [5.74, 6) is 1.86. The third kappa shape index (κ3) is 1.53. The normalized spacial score (nSPS) is 51.8. The van der Waals surface area contributed by atoms with Crippen molar-refractivity contribution < 1.29 is 0 Å². The Kier molecular flexibility index (Phi) is 2.72. The van der Waals surface area contributed by atoms with Gasteiger partial charge in [-0.05, 0) is 25.8 Å². The molecule has 3 atom stereocenters. The Morgan fingerprint density at radius 1 is 1.00 bits per heavy atom. The zero-order valence-electron chi connectivity index (χ0n) is 11.7. The molecular formula is C15H27N3. The van der Waals surface area contributed by atoms with Crippen molar-refractivity contribution in [3.63, 3.8) is 0 Å². The molecule has 4 aliphatic heterocycles. The van der Waals surface area contributed by atoms with Gasteiger partial charge in [-0.15, -0.1) is 0 Å². The molecule has 102 valence electrons. The van der Waals surface area contributed by atoms with E-state index in [0.717, 1.165) is 17.9 Å². The molecule has 1 N–H and O–H groups in total. The minimum atomic E-state index is 0.572. The second-order valence-electron chi connectivity index (χ2n) is 7.21. The van der Waals surface area contributed by atoms with Crippen molar-refractivity contribution in [1.29, 1.82) is 0 Å². The summed E-state index contributed by atoms with van der Waals surface area (Å²) in [7, 11) is 2.21. The molecule has 0 aromatic heterocycles. The van der Waals surface area contributed by atoms with E-state index >= 15 is 0 Å². The van der Waals surface area contributed by atoms with Crippen molar-refractivity contribution in [2.45, 2.75) is 31.7 Å². The number of nitrogens with zero attached hydrogens (tertiary/aromatic N) is 2.